The van der Waals surface area contributed by atoms with E-state index in [4.69, 9.17) is 10.5 Å². The minimum absolute atomic E-state index is 0.0585. The summed E-state index contributed by atoms with van der Waals surface area (Å²) in [5.74, 6) is 6.07. The summed E-state index contributed by atoms with van der Waals surface area (Å²) in [6.07, 6.45) is 0. The molecule has 0 saturated carbocycles. The molecule has 1 heterocycles. The minimum atomic E-state index is -0.374. The van der Waals surface area contributed by atoms with E-state index >= 15 is 0 Å². The Morgan fingerprint density at radius 1 is 1.40 bits per heavy atom. The Hall–Kier alpha value is -2.52. The van der Waals surface area contributed by atoms with Gasteiger partial charge >= 0.3 is 6.03 Å². The lowest BCUT2D eigenvalue weighted by Gasteiger charge is -2.13. The van der Waals surface area contributed by atoms with E-state index in [9.17, 15) is 9.59 Å². The van der Waals surface area contributed by atoms with E-state index < -0.39 is 0 Å². The van der Waals surface area contributed by atoms with Gasteiger partial charge in [-0.2, -0.15) is 0 Å². The normalized spacial score (nSPS) is 13.8. The third kappa shape index (κ3) is 3.49. The molecular weight excluding hydrogens is 258 g/mol. The van der Waals surface area contributed by atoms with Crippen LogP contribution in [0.15, 0.2) is 24.3 Å². The van der Waals surface area contributed by atoms with Crippen LogP contribution in [0.1, 0.15) is 5.56 Å². The number of carbonyl (C=O) groups excluding carboxylic acids is 2. The third-order valence-corrected chi connectivity index (χ3v) is 2.69. The molecule has 0 bridgehead atoms. The van der Waals surface area contributed by atoms with Gasteiger partial charge in [0.1, 0.15) is 12.4 Å². The molecule has 1 aliphatic heterocycles. The predicted octanol–water partition coefficient (Wildman–Crippen LogP) is -0.0726. The molecule has 1 saturated heterocycles. The molecule has 0 spiro atoms. The molecule has 104 valence electrons. The zero-order valence-electron chi connectivity index (χ0n) is 10.9. The number of amides is 3. The van der Waals surface area contributed by atoms with Crippen molar-refractivity contribution in [2.45, 2.75) is 0 Å². The number of imide groups is 1. The highest BCUT2D eigenvalue weighted by molar-refractivity contribution is 6.01. The number of nitrogens with zero attached hydrogens (tertiary/aromatic N) is 1. The smallest absolute Gasteiger partial charge is 0.324 e. The molecule has 6 heteroatoms. The van der Waals surface area contributed by atoms with E-state index in [0.717, 1.165) is 10.5 Å². The average Bonchev–Trinajstić information content (AvgIpc) is 2.77. The molecule has 0 radical (unpaired) electrons. The van der Waals surface area contributed by atoms with Gasteiger partial charge in [-0.3, -0.25) is 9.69 Å². The number of ether oxygens (including phenoxy) is 1. The molecule has 1 aromatic carbocycles. The van der Waals surface area contributed by atoms with E-state index in [1.165, 1.54) is 0 Å². The fourth-order valence-electron chi connectivity index (χ4n) is 1.75. The summed E-state index contributed by atoms with van der Waals surface area (Å²) in [7, 11) is 0. The highest BCUT2D eigenvalue weighted by atomic mass is 16.5. The summed E-state index contributed by atoms with van der Waals surface area (Å²) in [6.45, 7) is 0.830. The van der Waals surface area contributed by atoms with Crippen molar-refractivity contribution < 1.29 is 14.3 Å². The van der Waals surface area contributed by atoms with Crippen molar-refractivity contribution in [2.24, 2.45) is 5.73 Å². The molecule has 0 unspecified atom stereocenters. The van der Waals surface area contributed by atoms with Crippen LogP contribution in [0.3, 0.4) is 0 Å². The van der Waals surface area contributed by atoms with Crippen LogP contribution in [0.4, 0.5) is 4.79 Å². The number of rotatable bonds is 4. The lowest BCUT2D eigenvalue weighted by Crippen LogP contribution is -2.34. The molecule has 20 heavy (non-hydrogen) atoms. The molecule has 1 aromatic rings. The van der Waals surface area contributed by atoms with Gasteiger partial charge in [-0.05, 0) is 18.2 Å². The zero-order chi connectivity index (χ0) is 14.4. The monoisotopic (exact) mass is 273 g/mol. The van der Waals surface area contributed by atoms with Gasteiger partial charge in [0.05, 0.1) is 19.6 Å². The quantitative estimate of drug-likeness (QED) is 0.594. The average molecular weight is 273 g/mol. The predicted molar refractivity (Wildman–Crippen MR) is 73.0 cm³/mol. The summed E-state index contributed by atoms with van der Waals surface area (Å²) in [5.41, 5.74) is 6.12. The molecule has 1 fully saturated rings. The van der Waals surface area contributed by atoms with Crippen LogP contribution >= 0.6 is 0 Å². The van der Waals surface area contributed by atoms with Crippen LogP contribution in [0.5, 0.6) is 5.75 Å². The topological polar surface area (TPSA) is 84.7 Å². The summed E-state index contributed by atoms with van der Waals surface area (Å²) in [4.78, 5) is 23.8. The summed E-state index contributed by atoms with van der Waals surface area (Å²) < 4.78 is 5.51. The van der Waals surface area contributed by atoms with Crippen LogP contribution in [-0.4, -0.2) is 43.1 Å². The van der Waals surface area contributed by atoms with Crippen molar-refractivity contribution >= 4 is 11.9 Å². The highest BCUT2D eigenvalue weighted by Gasteiger charge is 2.27. The Balaban J connectivity index is 1.88. The van der Waals surface area contributed by atoms with Crippen LogP contribution in [-0.2, 0) is 4.79 Å². The Bertz CT molecular complexity index is 559. The Kier molecular flexibility index (Phi) is 4.58. The van der Waals surface area contributed by atoms with Crippen LogP contribution < -0.4 is 15.8 Å². The van der Waals surface area contributed by atoms with E-state index in [0.29, 0.717) is 12.3 Å². The first-order valence-corrected chi connectivity index (χ1v) is 6.20. The van der Waals surface area contributed by atoms with Gasteiger partial charge in [-0.25, -0.2) is 4.79 Å². The fraction of sp³-hybridized carbons (Fsp3) is 0.286. The highest BCUT2D eigenvalue weighted by Crippen LogP contribution is 2.12. The molecule has 1 aliphatic rings. The maximum Gasteiger partial charge on any atom is 0.324 e. The lowest BCUT2D eigenvalue weighted by atomic mass is 10.2. The molecule has 6 nitrogen and oxygen atoms in total. The van der Waals surface area contributed by atoms with E-state index in [1.54, 1.807) is 12.1 Å². The summed E-state index contributed by atoms with van der Waals surface area (Å²) >= 11 is 0. The Morgan fingerprint density at radius 3 is 2.95 bits per heavy atom. The van der Waals surface area contributed by atoms with E-state index in [2.05, 4.69) is 17.2 Å². The second kappa shape index (κ2) is 6.59. The maximum absolute atomic E-state index is 11.4. The SMILES string of the molecule is NCC#Cc1cccc(OCCN2C(=O)CNC2=O)c1. The Labute approximate surface area is 116 Å². The first kappa shape index (κ1) is 13.9. The summed E-state index contributed by atoms with van der Waals surface area (Å²) in [6, 6.07) is 6.88. The fourth-order valence-corrected chi connectivity index (χ4v) is 1.75. The van der Waals surface area contributed by atoms with Gasteiger partial charge in [0.15, 0.2) is 0 Å². The molecule has 0 aromatic heterocycles. The number of nitrogens with two attached hydrogens (primary N) is 1. The number of hydrogen-bond acceptors (Lipinski definition) is 4. The Morgan fingerprint density at radius 2 is 2.25 bits per heavy atom. The first-order valence-electron chi connectivity index (χ1n) is 6.20. The number of urea groups is 1. The largest absolute Gasteiger partial charge is 0.492 e. The minimum Gasteiger partial charge on any atom is -0.492 e. The van der Waals surface area contributed by atoms with Crippen LogP contribution in [0.2, 0.25) is 0 Å². The first-order chi connectivity index (χ1) is 9.70. The van der Waals surface area contributed by atoms with Crippen LogP contribution in [0.25, 0.3) is 0 Å². The molecule has 2 rings (SSSR count). The van der Waals surface area contributed by atoms with Crippen molar-refractivity contribution in [2.75, 3.05) is 26.2 Å². The third-order valence-electron chi connectivity index (χ3n) is 2.69. The maximum atomic E-state index is 11.4. The van der Waals surface area contributed by atoms with Crippen molar-refractivity contribution in [1.29, 1.82) is 0 Å². The lowest BCUT2D eigenvalue weighted by molar-refractivity contribution is -0.125. The second-order valence-corrected chi connectivity index (χ2v) is 4.09. The zero-order valence-corrected chi connectivity index (χ0v) is 10.9. The van der Waals surface area contributed by atoms with Gasteiger partial charge in [0, 0.05) is 5.56 Å². The van der Waals surface area contributed by atoms with Gasteiger partial charge in [0.25, 0.3) is 0 Å². The molecule has 0 aliphatic carbocycles. The van der Waals surface area contributed by atoms with Crippen molar-refractivity contribution in [1.82, 2.24) is 10.2 Å². The van der Waals surface area contributed by atoms with Crippen molar-refractivity contribution in [3.63, 3.8) is 0 Å². The van der Waals surface area contributed by atoms with Gasteiger partial charge in [-0.1, -0.05) is 17.9 Å². The standard InChI is InChI=1S/C14H15N3O3/c15-6-2-4-11-3-1-5-12(9-11)20-8-7-17-13(18)10-16-14(17)19/h1,3,5,9H,6-8,10,15H2,(H,16,19). The molecule has 0 atom stereocenters. The number of carbonyl (C=O) groups is 2. The second-order valence-electron chi connectivity index (χ2n) is 4.09. The van der Waals surface area contributed by atoms with Gasteiger partial charge < -0.3 is 15.8 Å². The summed E-state index contributed by atoms with van der Waals surface area (Å²) in [5, 5.41) is 2.45. The molecular formula is C14H15N3O3. The van der Waals surface area contributed by atoms with Gasteiger partial charge in [0.2, 0.25) is 5.91 Å². The van der Waals surface area contributed by atoms with Crippen molar-refractivity contribution in [3.8, 4) is 17.6 Å². The number of benzene rings is 1. The molecule has 3 amide bonds. The van der Waals surface area contributed by atoms with E-state index in [1.807, 2.05) is 12.1 Å². The van der Waals surface area contributed by atoms with Crippen LogP contribution in [0, 0.1) is 11.8 Å². The van der Waals surface area contributed by atoms with Crippen molar-refractivity contribution in [3.05, 3.63) is 29.8 Å². The molecule has 3 N–H and O–H groups in total. The number of nitrogens with one attached hydrogen (secondary N) is 1. The van der Waals surface area contributed by atoms with Gasteiger partial charge in [-0.15, -0.1) is 0 Å². The number of hydrogen-bond donors (Lipinski definition) is 2. The van der Waals surface area contributed by atoms with E-state index in [-0.39, 0.29) is 31.6 Å².